The monoisotopic (exact) mass is 266 g/mol. The minimum atomic E-state index is 0.158. The highest BCUT2D eigenvalue weighted by Crippen LogP contribution is 2.11. The number of likely N-dealkylation sites (N-methyl/N-ethyl adjacent to an activating group) is 1. The second-order valence-corrected chi connectivity index (χ2v) is 5.31. The molecule has 0 spiro atoms. The van der Waals surface area contributed by atoms with Gasteiger partial charge in [-0.25, -0.2) is 0 Å². The Bertz CT molecular complexity index is 399. The van der Waals surface area contributed by atoms with E-state index in [0.717, 1.165) is 18.7 Å². The maximum atomic E-state index is 12.1. The van der Waals surface area contributed by atoms with Crippen LogP contribution in [0.25, 0.3) is 0 Å². The third kappa shape index (κ3) is 3.72. The summed E-state index contributed by atoms with van der Waals surface area (Å²) in [5, 5.41) is 4.11. The van der Waals surface area contributed by atoms with Gasteiger partial charge in [-0.1, -0.05) is 23.7 Å². The van der Waals surface area contributed by atoms with Crippen LogP contribution in [0.5, 0.6) is 0 Å². The standard InChI is InChI=1S/C14H19ClN2O/c1-17(10-13-3-2-8-16-13)14(18)9-11-4-6-12(15)7-5-11/h4-7,13,16H,2-3,8-10H2,1H3. The van der Waals surface area contributed by atoms with Crippen molar-refractivity contribution >= 4 is 17.5 Å². The summed E-state index contributed by atoms with van der Waals surface area (Å²) in [5.74, 6) is 0.158. The molecule has 98 valence electrons. The number of hydrogen-bond acceptors (Lipinski definition) is 2. The lowest BCUT2D eigenvalue weighted by molar-refractivity contribution is -0.129. The van der Waals surface area contributed by atoms with Crippen LogP contribution < -0.4 is 5.32 Å². The Morgan fingerprint density at radius 1 is 1.44 bits per heavy atom. The minimum Gasteiger partial charge on any atom is -0.344 e. The molecular weight excluding hydrogens is 248 g/mol. The van der Waals surface area contributed by atoms with Crippen LogP contribution in [0, 0.1) is 0 Å². The van der Waals surface area contributed by atoms with Crippen LogP contribution in [0.15, 0.2) is 24.3 Å². The third-order valence-corrected chi connectivity index (χ3v) is 3.60. The zero-order chi connectivity index (χ0) is 13.0. The molecule has 1 aromatic carbocycles. The second-order valence-electron chi connectivity index (χ2n) is 4.87. The molecule has 4 heteroatoms. The van der Waals surface area contributed by atoms with Crippen molar-refractivity contribution in [3.05, 3.63) is 34.9 Å². The highest BCUT2D eigenvalue weighted by molar-refractivity contribution is 6.30. The van der Waals surface area contributed by atoms with E-state index in [2.05, 4.69) is 5.32 Å². The first kappa shape index (κ1) is 13.4. The van der Waals surface area contributed by atoms with E-state index in [9.17, 15) is 4.79 Å². The number of carbonyl (C=O) groups is 1. The Hall–Kier alpha value is -1.06. The Morgan fingerprint density at radius 3 is 2.78 bits per heavy atom. The Kier molecular flexibility index (Phi) is 4.61. The number of nitrogens with one attached hydrogen (secondary N) is 1. The third-order valence-electron chi connectivity index (χ3n) is 3.35. The molecule has 1 aromatic rings. The van der Waals surface area contributed by atoms with Crippen molar-refractivity contribution in [2.45, 2.75) is 25.3 Å². The van der Waals surface area contributed by atoms with Crippen LogP contribution >= 0.6 is 11.6 Å². The van der Waals surface area contributed by atoms with E-state index in [4.69, 9.17) is 11.6 Å². The second kappa shape index (κ2) is 6.21. The van der Waals surface area contributed by atoms with E-state index in [-0.39, 0.29) is 5.91 Å². The molecule has 3 nitrogen and oxygen atoms in total. The predicted octanol–water partition coefficient (Wildman–Crippen LogP) is 2.09. The lowest BCUT2D eigenvalue weighted by atomic mass is 10.1. The van der Waals surface area contributed by atoms with Crippen LogP contribution in [0.3, 0.4) is 0 Å². The fraction of sp³-hybridized carbons (Fsp3) is 0.500. The topological polar surface area (TPSA) is 32.3 Å². The summed E-state index contributed by atoms with van der Waals surface area (Å²) in [6.45, 7) is 1.87. The van der Waals surface area contributed by atoms with Crippen LogP contribution in [-0.4, -0.2) is 37.0 Å². The molecule has 1 saturated heterocycles. The van der Waals surface area contributed by atoms with Gasteiger partial charge in [0.05, 0.1) is 6.42 Å². The van der Waals surface area contributed by atoms with Crippen molar-refractivity contribution in [2.75, 3.05) is 20.1 Å². The minimum absolute atomic E-state index is 0.158. The molecule has 0 aromatic heterocycles. The summed E-state index contributed by atoms with van der Waals surface area (Å²) in [7, 11) is 1.87. The quantitative estimate of drug-likeness (QED) is 0.905. The van der Waals surface area contributed by atoms with Gasteiger partial charge in [-0.05, 0) is 37.1 Å². The molecule has 1 amide bonds. The zero-order valence-corrected chi connectivity index (χ0v) is 11.4. The molecule has 0 saturated carbocycles. The molecule has 0 aliphatic carbocycles. The largest absolute Gasteiger partial charge is 0.344 e. The highest BCUT2D eigenvalue weighted by atomic mass is 35.5. The maximum Gasteiger partial charge on any atom is 0.226 e. The van der Waals surface area contributed by atoms with Gasteiger partial charge in [-0.3, -0.25) is 4.79 Å². The molecule has 1 aliphatic rings. The van der Waals surface area contributed by atoms with Crippen molar-refractivity contribution in [2.24, 2.45) is 0 Å². The number of rotatable bonds is 4. The molecule has 18 heavy (non-hydrogen) atoms. The molecule has 1 fully saturated rings. The summed E-state index contributed by atoms with van der Waals surface area (Å²) < 4.78 is 0. The van der Waals surface area contributed by atoms with Crippen LogP contribution in [0.2, 0.25) is 5.02 Å². The molecule has 1 atom stereocenters. The van der Waals surface area contributed by atoms with Crippen LogP contribution in [-0.2, 0) is 11.2 Å². The molecule has 0 bridgehead atoms. The van der Waals surface area contributed by atoms with Gasteiger partial charge in [0.15, 0.2) is 0 Å². The van der Waals surface area contributed by atoms with Crippen molar-refractivity contribution < 1.29 is 4.79 Å². The van der Waals surface area contributed by atoms with Gasteiger partial charge in [0.25, 0.3) is 0 Å². The first-order valence-electron chi connectivity index (χ1n) is 6.37. The van der Waals surface area contributed by atoms with Crippen LogP contribution in [0.1, 0.15) is 18.4 Å². The average Bonchev–Trinajstić information content (AvgIpc) is 2.85. The summed E-state index contributed by atoms with van der Waals surface area (Å²) in [6.07, 6.45) is 2.82. The van der Waals surface area contributed by atoms with E-state index in [1.807, 2.05) is 36.2 Å². The SMILES string of the molecule is CN(CC1CCCN1)C(=O)Cc1ccc(Cl)cc1. The van der Waals surface area contributed by atoms with Gasteiger partial charge >= 0.3 is 0 Å². The van der Waals surface area contributed by atoms with Crippen molar-refractivity contribution in [3.8, 4) is 0 Å². The fourth-order valence-corrected chi connectivity index (χ4v) is 2.38. The molecule has 1 N–H and O–H groups in total. The lowest BCUT2D eigenvalue weighted by Gasteiger charge is -2.21. The van der Waals surface area contributed by atoms with Gasteiger partial charge in [0, 0.05) is 24.7 Å². The van der Waals surface area contributed by atoms with Crippen molar-refractivity contribution in [1.29, 1.82) is 0 Å². The van der Waals surface area contributed by atoms with Gasteiger partial charge in [0.2, 0.25) is 5.91 Å². The lowest BCUT2D eigenvalue weighted by Crippen LogP contribution is -2.39. The van der Waals surface area contributed by atoms with E-state index >= 15 is 0 Å². The van der Waals surface area contributed by atoms with Gasteiger partial charge in [-0.2, -0.15) is 0 Å². The first-order valence-corrected chi connectivity index (χ1v) is 6.75. The first-order chi connectivity index (χ1) is 8.65. The number of carbonyl (C=O) groups excluding carboxylic acids is 1. The van der Waals surface area contributed by atoms with E-state index in [1.54, 1.807) is 0 Å². The molecule has 2 rings (SSSR count). The van der Waals surface area contributed by atoms with Gasteiger partial charge < -0.3 is 10.2 Å². The van der Waals surface area contributed by atoms with E-state index < -0.39 is 0 Å². The summed E-state index contributed by atoms with van der Waals surface area (Å²) in [4.78, 5) is 13.9. The smallest absolute Gasteiger partial charge is 0.226 e. The van der Waals surface area contributed by atoms with Crippen LogP contribution in [0.4, 0.5) is 0 Å². The van der Waals surface area contributed by atoms with E-state index in [1.165, 1.54) is 12.8 Å². The number of nitrogens with zero attached hydrogens (tertiary/aromatic N) is 1. The normalized spacial score (nSPS) is 18.9. The summed E-state index contributed by atoms with van der Waals surface area (Å²) >= 11 is 5.82. The highest BCUT2D eigenvalue weighted by Gasteiger charge is 2.18. The number of benzene rings is 1. The van der Waals surface area contributed by atoms with Gasteiger partial charge in [0.1, 0.15) is 0 Å². The maximum absolute atomic E-state index is 12.1. The molecule has 0 radical (unpaired) electrons. The summed E-state index contributed by atoms with van der Waals surface area (Å²) in [5.41, 5.74) is 1.01. The zero-order valence-electron chi connectivity index (χ0n) is 10.7. The Morgan fingerprint density at radius 2 is 2.17 bits per heavy atom. The van der Waals surface area contributed by atoms with Crippen molar-refractivity contribution in [3.63, 3.8) is 0 Å². The number of halogens is 1. The molecule has 1 heterocycles. The number of amides is 1. The fourth-order valence-electron chi connectivity index (χ4n) is 2.26. The molecule has 1 unspecified atom stereocenters. The Balaban J connectivity index is 1.84. The average molecular weight is 267 g/mol. The van der Waals surface area contributed by atoms with Gasteiger partial charge in [-0.15, -0.1) is 0 Å². The summed E-state index contributed by atoms with van der Waals surface area (Å²) in [6, 6.07) is 7.92. The predicted molar refractivity (Wildman–Crippen MR) is 73.8 cm³/mol. The molecular formula is C14H19ClN2O. The molecule has 1 aliphatic heterocycles. The van der Waals surface area contributed by atoms with Crippen molar-refractivity contribution in [1.82, 2.24) is 10.2 Å². The number of hydrogen-bond donors (Lipinski definition) is 1. The Labute approximate surface area is 113 Å². The van der Waals surface area contributed by atoms with E-state index in [0.29, 0.717) is 17.5 Å².